The molecule has 3 amide bonds. The maximum Gasteiger partial charge on any atom is 0.415 e. The average molecular weight is 406 g/mol. The van der Waals surface area contributed by atoms with Gasteiger partial charge in [0.2, 0.25) is 11.9 Å². The maximum absolute atomic E-state index is 13.3. The van der Waals surface area contributed by atoms with E-state index < -0.39 is 29.6 Å². The van der Waals surface area contributed by atoms with Crippen LogP contribution in [0.1, 0.15) is 26.5 Å². The van der Waals surface area contributed by atoms with E-state index in [-0.39, 0.29) is 18.3 Å². The summed E-state index contributed by atoms with van der Waals surface area (Å²) in [6.07, 6.45) is 1.11. The van der Waals surface area contributed by atoms with E-state index in [0.717, 1.165) is 12.1 Å². The van der Waals surface area contributed by atoms with Crippen molar-refractivity contribution in [2.24, 2.45) is 0 Å². The standard InChI is InChI=1S/C18H20F2N6O3/c1-10-7-26-13(12(6-21-26)25-9-18(2,3)29-17(25)28)8-24(10)16(27)22-11-4-14(19)23-15(20)5-11/h4-6,10H,7-9H2,1-3H3,(H,22,23,27)/t10-/m0/s1. The summed E-state index contributed by atoms with van der Waals surface area (Å²) in [4.78, 5) is 31.0. The molecule has 9 nitrogen and oxygen atoms in total. The van der Waals surface area contributed by atoms with Gasteiger partial charge in [0, 0.05) is 12.1 Å². The fourth-order valence-corrected chi connectivity index (χ4v) is 3.57. The van der Waals surface area contributed by atoms with Gasteiger partial charge >= 0.3 is 12.1 Å². The van der Waals surface area contributed by atoms with E-state index in [1.165, 1.54) is 9.80 Å². The van der Waals surface area contributed by atoms with Crippen LogP contribution in [0.3, 0.4) is 0 Å². The summed E-state index contributed by atoms with van der Waals surface area (Å²) >= 11 is 0. The lowest BCUT2D eigenvalue weighted by atomic mass is 10.1. The van der Waals surface area contributed by atoms with Crippen LogP contribution in [0.25, 0.3) is 0 Å². The zero-order valence-corrected chi connectivity index (χ0v) is 16.1. The summed E-state index contributed by atoms with van der Waals surface area (Å²) in [6.45, 7) is 6.41. The van der Waals surface area contributed by atoms with Crippen molar-refractivity contribution in [2.45, 2.75) is 45.5 Å². The van der Waals surface area contributed by atoms with E-state index >= 15 is 0 Å². The molecule has 0 radical (unpaired) electrons. The number of halogens is 2. The van der Waals surface area contributed by atoms with Crippen molar-refractivity contribution in [3.63, 3.8) is 0 Å². The van der Waals surface area contributed by atoms with Gasteiger partial charge < -0.3 is 15.0 Å². The topological polar surface area (TPSA) is 92.6 Å². The fraction of sp³-hybridized carbons (Fsp3) is 0.444. The minimum absolute atomic E-state index is 0.0311. The van der Waals surface area contributed by atoms with Crippen molar-refractivity contribution in [3.05, 3.63) is 35.9 Å². The number of pyridine rings is 1. The molecule has 0 aliphatic carbocycles. The van der Waals surface area contributed by atoms with E-state index in [4.69, 9.17) is 4.74 Å². The van der Waals surface area contributed by atoms with Crippen LogP contribution in [-0.4, -0.2) is 50.0 Å². The summed E-state index contributed by atoms with van der Waals surface area (Å²) in [5.41, 5.74) is 0.600. The largest absolute Gasteiger partial charge is 0.441 e. The number of urea groups is 1. The van der Waals surface area contributed by atoms with Crippen LogP contribution in [0.2, 0.25) is 0 Å². The van der Waals surface area contributed by atoms with Crippen LogP contribution in [0.4, 0.5) is 29.7 Å². The Labute approximate surface area is 165 Å². The van der Waals surface area contributed by atoms with Crippen molar-refractivity contribution < 1.29 is 23.1 Å². The van der Waals surface area contributed by atoms with Gasteiger partial charge in [0.1, 0.15) is 5.60 Å². The Hall–Kier alpha value is -3.24. The lowest BCUT2D eigenvalue weighted by Crippen LogP contribution is -2.47. The molecule has 29 heavy (non-hydrogen) atoms. The number of hydrogen-bond acceptors (Lipinski definition) is 5. The van der Waals surface area contributed by atoms with Crippen molar-refractivity contribution in [3.8, 4) is 0 Å². The summed E-state index contributed by atoms with van der Waals surface area (Å²) in [6, 6.07) is 1.13. The molecular formula is C18H20F2N6O3. The zero-order valence-electron chi connectivity index (χ0n) is 16.1. The van der Waals surface area contributed by atoms with Crippen LogP contribution >= 0.6 is 0 Å². The fourth-order valence-electron chi connectivity index (χ4n) is 3.57. The molecule has 11 heteroatoms. The van der Waals surface area contributed by atoms with Gasteiger partial charge in [0.05, 0.1) is 48.9 Å². The van der Waals surface area contributed by atoms with Crippen LogP contribution < -0.4 is 10.2 Å². The second kappa shape index (κ2) is 6.68. The van der Waals surface area contributed by atoms with Gasteiger partial charge in [-0.05, 0) is 20.8 Å². The van der Waals surface area contributed by atoms with Gasteiger partial charge in [-0.3, -0.25) is 9.58 Å². The highest BCUT2D eigenvalue weighted by molar-refractivity contribution is 5.92. The number of carbonyl (C=O) groups is 2. The minimum atomic E-state index is -1.03. The molecule has 2 aliphatic rings. The van der Waals surface area contributed by atoms with Gasteiger partial charge in [0.25, 0.3) is 0 Å². The van der Waals surface area contributed by atoms with Crippen LogP contribution in [0, 0.1) is 11.9 Å². The molecule has 2 aromatic rings. The van der Waals surface area contributed by atoms with E-state index in [9.17, 15) is 18.4 Å². The van der Waals surface area contributed by atoms with Crippen molar-refractivity contribution in [2.75, 3.05) is 16.8 Å². The first-order valence-electron chi connectivity index (χ1n) is 9.09. The number of aromatic nitrogens is 3. The molecule has 0 bridgehead atoms. The monoisotopic (exact) mass is 406 g/mol. The van der Waals surface area contributed by atoms with Gasteiger partial charge in [0.15, 0.2) is 0 Å². The van der Waals surface area contributed by atoms with E-state index in [1.807, 2.05) is 20.8 Å². The zero-order chi connectivity index (χ0) is 20.9. The van der Waals surface area contributed by atoms with Crippen LogP contribution in [0.5, 0.6) is 0 Å². The average Bonchev–Trinajstić information content (AvgIpc) is 3.11. The predicted molar refractivity (Wildman–Crippen MR) is 98.3 cm³/mol. The van der Waals surface area contributed by atoms with E-state index in [2.05, 4.69) is 15.4 Å². The summed E-state index contributed by atoms with van der Waals surface area (Å²) in [7, 11) is 0. The third kappa shape index (κ3) is 3.59. The summed E-state index contributed by atoms with van der Waals surface area (Å²) in [5.74, 6) is -2.05. The molecule has 1 saturated heterocycles. The van der Waals surface area contributed by atoms with Gasteiger partial charge in [-0.25, -0.2) is 9.59 Å². The van der Waals surface area contributed by atoms with Crippen molar-refractivity contribution in [1.29, 1.82) is 0 Å². The summed E-state index contributed by atoms with van der Waals surface area (Å²) < 4.78 is 33.7. The van der Waals surface area contributed by atoms with Crippen LogP contribution in [0.15, 0.2) is 18.3 Å². The van der Waals surface area contributed by atoms with Gasteiger partial charge in [-0.2, -0.15) is 18.9 Å². The highest BCUT2D eigenvalue weighted by Gasteiger charge is 2.41. The normalized spacial score (nSPS) is 20.4. The molecule has 0 spiro atoms. The first kappa shape index (κ1) is 19.1. The lowest BCUT2D eigenvalue weighted by molar-refractivity contribution is 0.0871. The first-order chi connectivity index (χ1) is 13.6. The number of carbonyl (C=O) groups excluding carboxylic acids is 2. The molecule has 154 valence electrons. The highest BCUT2D eigenvalue weighted by atomic mass is 19.1. The third-order valence-corrected chi connectivity index (χ3v) is 4.90. The second-order valence-electron chi connectivity index (χ2n) is 7.78. The number of amides is 3. The van der Waals surface area contributed by atoms with Crippen molar-refractivity contribution in [1.82, 2.24) is 19.7 Å². The number of fused-ring (bicyclic) bond motifs is 1. The highest BCUT2D eigenvalue weighted by Crippen LogP contribution is 2.33. The second-order valence-corrected chi connectivity index (χ2v) is 7.78. The Morgan fingerprint density at radius 3 is 2.62 bits per heavy atom. The summed E-state index contributed by atoms with van der Waals surface area (Å²) in [5, 5.41) is 6.83. The van der Waals surface area contributed by atoms with Gasteiger partial charge in [-0.1, -0.05) is 0 Å². The van der Waals surface area contributed by atoms with E-state index in [0.29, 0.717) is 24.5 Å². The molecule has 4 rings (SSSR count). The quantitative estimate of drug-likeness (QED) is 0.775. The number of rotatable bonds is 2. The molecule has 2 aromatic heterocycles. The molecule has 1 N–H and O–H groups in total. The van der Waals surface area contributed by atoms with E-state index in [1.54, 1.807) is 10.9 Å². The minimum Gasteiger partial charge on any atom is -0.441 e. The molecule has 2 aliphatic heterocycles. The maximum atomic E-state index is 13.3. The number of hydrogen-bond donors (Lipinski definition) is 1. The Bertz CT molecular complexity index is 972. The Balaban J connectivity index is 1.57. The van der Waals surface area contributed by atoms with Crippen molar-refractivity contribution >= 4 is 23.5 Å². The van der Waals surface area contributed by atoms with Crippen LogP contribution in [-0.2, 0) is 17.8 Å². The first-order valence-corrected chi connectivity index (χ1v) is 9.09. The number of cyclic esters (lactones) is 1. The molecule has 0 saturated carbocycles. The Kier molecular flexibility index (Phi) is 4.39. The Morgan fingerprint density at radius 2 is 2.00 bits per heavy atom. The molecule has 0 unspecified atom stereocenters. The number of nitrogens with one attached hydrogen (secondary N) is 1. The molecule has 0 aromatic carbocycles. The lowest BCUT2D eigenvalue weighted by Gasteiger charge is -2.34. The third-order valence-electron chi connectivity index (χ3n) is 4.90. The number of nitrogens with zero attached hydrogens (tertiary/aromatic N) is 5. The Morgan fingerprint density at radius 1 is 1.31 bits per heavy atom. The SMILES string of the molecule is C[C@H]1Cn2ncc(N3CC(C)(C)OC3=O)c2CN1C(=O)Nc1cc(F)nc(F)c1. The molecule has 1 atom stereocenters. The van der Waals surface area contributed by atoms with Gasteiger partial charge in [-0.15, -0.1) is 0 Å². The number of ether oxygens (including phenoxy) is 1. The molecule has 4 heterocycles. The predicted octanol–water partition coefficient (Wildman–Crippen LogP) is 2.73. The molecule has 1 fully saturated rings. The smallest absolute Gasteiger partial charge is 0.415 e. The molecular weight excluding hydrogens is 386 g/mol. The number of anilines is 2.